The molecule has 3 nitrogen and oxygen atoms in total. The predicted octanol–water partition coefficient (Wildman–Crippen LogP) is 3.33. The molecule has 1 N–H and O–H groups in total. The maximum absolute atomic E-state index is 5.57. The molecule has 0 unspecified atom stereocenters. The van der Waals surface area contributed by atoms with Gasteiger partial charge in [0.25, 0.3) is 0 Å². The summed E-state index contributed by atoms with van der Waals surface area (Å²) in [5.41, 5.74) is 2.08. The van der Waals surface area contributed by atoms with E-state index >= 15 is 0 Å². The lowest BCUT2D eigenvalue weighted by molar-refractivity contribution is 0.409. The van der Waals surface area contributed by atoms with Crippen LogP contribution in [0.25, 0.3) is 11.0 Å². The third-order valence-electron chi connectivity index (χ3n) is 2.67. The Morgan fingerprint density at radius 2 is 2.06 bits per heavy atom. The zero-order valence-corrected chi connectivity index (χ0v) is 10.8. The van der Waals surface area contributed by atoms with Crippen molar-refractivity contribution < 1.29 is 9.15 Å². The number of fused-ring (bicyclic) bond motifs is 1. The zero-order chi connectivity index (χ0) is 12.5. The highest BCUT2D eigenvalue weighted by atomic mass is 16.5. The first kappa shape index (κ1) is 12.0. The zero-order valence-electron chi connectivity index (χ0n) is 10.8. The SMILES string of the molecule is COc1cccc2c(CNC(C)(C)C)coc12. The number of methoxy groups -OCH3 is 1. The van der Waals surface area contributed by atoms with Crippen LogP contribution >= 0.6 is 0 Å². The Balaban J connectivity index is 2.30. The van der Waals surface area contributed by atoms with E-state index < -0.39 is 0 Å². The van der Waals surface area contributed by atoms with Gasteiger partial charge in [-0.3, -0.25) is 0 Å². The van der Waals surface area contributed by atoms with Gasteiger partial charge in [0.15, 0.2) is 11.3 Å². The summed E-state index contributed by atoms with van der Waals surface area (Å²) in [6.07, 6.45) is 1.80. The molecule has 3 heteroatoms. The normalized spacial score (nSPS) is 12.0. The van der Waals surface area contributed by atoms with Crippen LogP contribution in [0.4, 0.5) is 0 Å². The Kier molecular flexibility index (Phi) is 3.11. The number of para-hydroxylation sites is 1. The summed E-state index contributed by atoms with van der Waals surface area (Å²) in [5, 5.41) is 4.57. The molecule has 0 spiro atoms. The Morgan fingerprint density at radius 1 is 1.29 bits per heavy atom. The summed E-state index contributed by atoms with van der Waals surface area (Å²) >= 11 is 0. The number of rotatable bonds is 3. The molecule has 0 saturated heterocycles. The molecule has 0 aliphatic rings. The number of hydrogen-bond donors (Lipinski definition) is 1. The highest BCUT2D eigenvalue weighted by molar-refractivity contribution is 5.86. The van der Waals surface area contributed by atoms with Gasteiger partial charge in [0, 0.05) is 23.0 Å². The number of ether oxygens (including phenoxy) is 1. The number of hydrogen-bond acceptors (Lipinski definition) is 3. The van der Waals surface area contributed by atoms with Gasteiger partial charge < -0.3 is 14.5 Å². The molecule has 2 aromatic rings. The molecule has 92 valence electrons. The Hall–Kier alpha value is -1.48. The Morgan fingerprint density at radius 3 is 2.71 bits per heavy atom. The molecule has 17 heavy (non-hydrogen) atoms. The van der Waals surface area contributed by atoms with Crippen molar-refractivity contribution in [3.63, 3.8) is 0 Å². The minimum Gasteiger partial charge on any atom is -0.493 e. The predicted molar refractivity (Wildman–Crippen MR) is 69.4 cm³/mol. The molecular weight excluding hydrogens is 214 g/mol. The van der Waals surface area contributed by atoms with E-state index in [2.05, 4.69) is 32.2 Å². The van der Waals surface area contributed by atoms with Crippen LogP contribution in [0.15, 0.2) is 28.9 Å². The third kappa shape index (κ3) is 2.61. The molecule has 0 saturated carbocycles. The molecule has 0 radical (unpaired) electrons. The fourth-order valence-electron chi connectivity index (χ4n) is 1.74. The van der Waals surface area contributed by atoms with Gasteiger partial charge in [-0.1, -0.05) is 12.1 Å². The van der Waals surface area contributed by atoms with Crippen molar-refractivity contribution in [3.8, 4) is 5.75 Å². The lowest BCUT2D eigenvalue weighted by Gasteiger charge is -2.19. The molecular formula is C14H19NO2. The minimum absolute atomic E-state index is 0.0997. The summed E-state index contributed by atoms with van der Waals surface area (Å²) in [5.74, 6) is 0.782. The summed E-state index contributed by atoms with van der Waals surface area (Å²) < 4.78 is 10.8. The standard InChI is InChI=1S/C14H19NO2/c1-14(2,3)15-8-10-9-17-13-11(10)6-5-7-12(13)16-4/h5-7,9,15H,8H2,1-4H3. The molecule has 0 aliphatic heterocycles. The van der Waals surface area contributed by atoms with Gasteiger partial charge in [-0.2, -0.15) is 0 Å². The first-order valence-electron chi connectivity index (χ1n) is 5.79. The van der Waals surface area contributed by atoms with Crippen molar-refractivity contribution in [2.45, 2.75) is 32.9 Å². The van der Waals surface area contributed by atoms with E-state index in [1.807, 2.05) is 12.1 Å². The highest BCUT2D eigenvalue weighted by Gasteiger charge is 2.13. The van der Waals surface area contributed by atoms with E-state index in [-0.39, 0.29) is 5.54 Å². The number of benzene rings is 1. The second-order valence-electron chi connectivity index (χ2n) is 5.20. The molecule has 0 amide bonds. The molecule has 0 fully saturated rings. The van der Waals surface area contributed by atoms with Crippen LogP contribution in [-0.4, -0.2) is 12.6 Å². The van der Waals surface area contributed by atoms with Crippen LogP contribution < -0.4 is 10.1 Å². The van der Waals surface area contributed by atoms with Gasteiger partial charge in [-0.25, -0.2) is 0 Å². The van der Waals surface area contributed by atoms with Crippen LogP contribution in [0.2, 0.25) is 0 Å². The number of furan rings is 1. The van der Waals surface area contributed by atoms with Gasteiger partial charge in [0.2, 0.25) is 0 Å². The molecule has 0 aliphatic carbocycles. The lowest BCUT2D eigenvalue weighted by Crippen LogP contribution is -2.34. The van der Waals surface area contributed by atoms with E-state index in [1.165, 1.54) is 0 Å². The van der Waals surface area contributed by atoms with Gasteiger partial charge in [0.05, 0.1) is 13.4 Å². The monoisotopic (exact) mass is 233 g/mol. The number of nitrogens with one attached hydrogen (secondary N) is 1. The highest BCUT2D eigenvalue weighted by Crippen LogP contribution is 2.29. The van der Waals surface area contributed by atoms with Crippen molar-refractivity contribution in [1.82, 2.24) is 5.32 Å². The van der Waals surface area contributed by atoms with Crippen LogP contribution in [0.3, 0.4) is 0 Å². The molecule has 0 bridgehead atoms. The fourth-order valence-corrected chi connectivity index (χ4v) is 1.74. The maximum atomic E-state index is 5.57. The van der Waals surface area contributed by atoms with E-state index in [9.17, 15) is 0 Å². The van der Waals surface area contributed by atoms with Gasteiger partial charge in [-0.15, -0.1) is 0 Å². The van der Waals surface area contributed by atoms with E-state index in [0.717, 1.165) is 28.8 Å². The quantitative estimate of drug-likeness (QED) is 0.883. The van der Waals surface area contributed by atoms with Crippen molar-refractivity contribution in [3.05, 3.63) is 30.0 Å². The topological polar surface area (TPSA) is 34.4 Å². The molecule has 1 aromatic heterocycles. The largest absolute Gasteiger partial charge is 0.493 e. The summed E-state index contributed by atoms with van der Waals surface area (Å²) in [6, 6.07) is 5.95. The van der Waals surface area contributed by atoms with Crippen molar-refractivity contribution in [2.24, 2.45) is 0 Å². The van der Waals surface area contributed by atoms with E-state index in [1.54, 1.807) is 13.4 Å². The van der Waals surface area contributed by atoms with E-state index in [0.29, 0.717) is 0 Å². The Labute approximate surface area is 102 Å². The first-order valence-corrected chi connectivity index (χ1v) is 5.79. The van der Waals surface area contributed by atoms with Crippen LogP contribution in [0.5, 0.6) is 5.75 Å². The summed E-state index contributed by atoms with van der Waals surface area (Å²) in [4.78, 5) is 0. The molecule has 0 atom stereocenters. The second-order valence-corrected chi connectivity index (χ2v) is 5.20. The maximum Gasteiger partial charge on any atom is 0.176 e. The van der Waals surface area contributed by atoms with Gasteiger partial charge >= 0.3 is 0 Å². The Bertz CT molecular complexity index is 508. The molecule has 1 aromatic carbocycles. The smallest absolute Gasteiger partial charge is 0.176 e. The second kappa shape index (κ2) is 4.41. The van der Waals surface area contributed by atoms with Gasteiger partial charge in [0.1, 0.15) is 0 Å². The average molecular weight is 233 g/mol. The van der Waals surface area contributed by atoms with E-state index in [4.69, 9.17) is 9.15 Å². The minimum atomic E-state index is 0.0997. The molecule has 1 heterocycles. The van der Waals surface area contributed by atoms with Crippen molar-refractivity contribution in [1.29, 1.82) is 0 Å². The van der Waals surface area contributed by atoms with Gasteiger partial charge in [-0.05, 0) is 26.8 Å². The average Bonchev–Trinajstić information content (AvgIpc) is 2.68. The first-order chi connectivity index (χ1) is 8.01. The summed E-state index contributed by atoms with van der Waals surface area (Å²) in [6.45, 7) is 7.24. The summed E-state index contributed by atoms with van der Waals surface area (Å²) in [7, 11) is 1.66. The van der Waals surface area contributed by atoms with Crippen LogP contribution in [0.1, 0.15) is 26.3 Å². The lowest BCUT2D eigenvalue weighted by atomic mass is 10.1. The van der Waals surface area contributed by atoms with Crippen molar-refractivity contribution in [2.75, 3.05) is 7.11 Å². The van der Waals surface area contributed by atoms with Crippen molar-refractivity contribution >= 4 is 11.0 Å². The third-order valence-corrected chi connectivity index (χ3v) is 2.67. The fraction of sp³-hybridized carbons (Fsp3) is 0.429. The molecule has 2 rings (SSSR count). The van der Waals surface area contributed by atoms with Crippen LogP contribution in [-0.2, 0) is 6.54 Å². The van der Waals surface area contributed by atoms with Crippen LogP contribution in [0, 0.1) is 0 Å².